The molecular weight excluding hydrogens is 572 g/mol. The van der Waals surface area contributed by atoms with Gasteiger partial charge in [-0.25, -0.2) is 0 Å². The second kappa shape index (κ2) is 33.0. The molecule has 1 aromatic rings. The summed E-state index contributed by atoms with van der Waals surface area (Å²) in [6.07, 6.45) is 33.0. The Bertz CT molecular complexity index is 768. The van der Waals surface area contributed by atoms with Crippen LogP contribution in [0.15, 0.2) is 24.3 Å². The van der Waals surface area contributed by atoms with Crippen molar-refractivity contribution in [2.24, 2.45) is 0 Å². The number of carbonyl (C=O) groups is 2. The Morgan fingerprint density at radius 1 is 0.413 bits per heavy atom. The monoisotopic (exact) mass is 645 g/mol. The molecule has 0 unspecified atom stereocenters. The number of hydrogen-bond acceptors (Lipinski definition) is 4. The molecule has 0 heterocycles. The van der Waals surface area contributed by atoms with Crippen molar-refractivity contribution >= 4 is 11.8 Å². The van der Waals surface area contributed by atoms with Crippen LogP contribution in [0.4, 0.5) is 0 Å². The molecule has 0 aliphatic rings. The molecule has 0 saturated heterocycles. The van der Waals surface area contributed by atoms with Crippen molar-refractivity contribution in [2.75, 3.05) is 13.2 Å². The fourth-order valence-electron chi connectivity index (χ4n) is 6.11. The molecule has 6 heteroatoms. The predicted octanol–water partition coefficient (Wildman–Crippen LogP) is 9.83. The van der Waals surface area contributed by atoms with E-state index in [1.54, 1.807) is 0 Å². The van der Waals surface area contributed by atoms with Crippen LogP contribution < -0.4 is 10.6 Å². The molecule has 0 aliphatic carbocycles. The van der Waals surface area contributed by atoms with Gasteiger partial charge < -0.3 is 20.8 Å². The lowest BCUT2D eigenvalue weighted by Crippen LogP contribution is -2.23. The van der Waals surface area contributed by atoms with E-state index in [9.17, 15) is 9.59 Å². The smallest absolute Gasteiger partial charge is 0.220 e. The third-order valence-electron chi connectivity index (χ3n) is 9.09. The summed E-state index contributed by atoms with van der Waals surface area (Å²) in [7, 11) is 0. The van der Waals surface area contributed by atoms with Gasteiger partial charge >= 0.3 is 0 Å². The van der Waals surface area contributed by atoms with Gasteiger partial charge in [0.15, 0.2) is 0 Å². The summed E-state index contributed by atoms with van der Waals surface area (Å²) >= 11 is 0. The number of aliphatic hydroxyl groups is 2. The van der Waals surface area contributed by atoms with E-state index >= 15 is 0 Å². The molecule has 1 rings (SSSR count). The van der Waals surface area contributed by atoms with Gasteiger partial charge in [0.1, 0.15) is 0 Å². The molecule has 0 aliphatic heterocycles. The van der Waals surface area contributed by atoms with Gasteiger partial charge in [-0.1, -0.05) is 166 Å². The van der Waals surface area contributed by atoms with Crippen LogP contribution in [0.5, 0.6) is 0 Å². The van der Waals surface area contributed by atoms with Crippen molar-refractivity contribution in [3.63, 3.8) is 0 Å². The number of aliphatic hydroxyl groups excluding tert-OH is 2. The minimum Gasteiger partial charge on any atom is -0.396 e. The average Bonchev–Trinajstić information content (AvgIpc) is 3.07. The van der Waals surface area contributed by atoms with E-state index in [1.165, 1.54) is 128 Å². The molecule has 6 nitrogen and oxygen atoms in total. The minimum atomic E-state index is 0.124. The van der Waals surface area contributed by atoms with E-state index < -0.39 is 0 Å². The van der Waals surface area contributed by atoms with Crippen LogP contribution in [-0.2, 0) is 22.7 Å². The highest BCUT2D eigenvalue weighted by Gasteiger charge is 2.05. The number of nitrogens with one attached hydrogen (secondary N) is 2. The number of amides is 2. The summed E-state index contributed by atoms with van der Waals surface area (Å²) in [6, 6.07) is 8.14. The van der Waals surface area contributed by atoms with E-state index in [-0.39, 0.29) is 11.8 Å². The second-order valence-electron chi connectivity index (χ2n) is 13.5. The van der Waals surface area contributed by atoms with Crippen molar-refractivity contribution in [1.82, 2.24) is 10.6 Å². The summed E-state index contributed by atoms with van der Waals surface area (Å²) in [4.78, 5) is 24.6. The van der Waals surface area contributed by atoms with Crippen LogP contribution in [0.1, 0.15) is 191 Å². The van der Waals surface area contributed by atoms with Gasteiger partial charge in [-0.15, -0.1) is 0 Å². The zero-order valence-corrected chi connectivity index (χ0v) is 29.6. The summed E-state index contributed by atoms with van der Waals surface area (Å²) in [5.41, 5.74) is 2.15. The molecule has 4 N–H and O–H groups in total. The number of hydrogen-bond donors (Lipinski definition) is 4. The minimum absolute atomic E-state index is 0.124. The SMILES string of the molecule is O=C(CCCCCCCCCCCCCCCO)NCc1cccc(CNC(=O)CCCCCCCCCCCCCCCO)c1. The first kappa shape index (κ1) is 42.1. The molecule has 0 fully saturated rings. The molecule has 0 radical (unpaired) electrons. The summed E-state index contributed by atoms with van der Waals surface area (Å²) in [5, 5.41) is 23.7. The molecule has 46 heavy (non-hydrogen) atoms. The second-order valence-corrected chi connectivity index (χ2v) is 13.5. The molecule has 266 valence electrons. The lowest BCUT2D eigenvalue weighted by atomic mass is 10.0. The fourth-order valence-corrected chi connectivity index (χ4v) is 6.11. The normalized spacial score (nSPS) is 11.2. The number of benzene rings is 1. The molecule has 0 bridgehead atoms. The van der Waals surface area contributed by atoms with E-state index in [1.807, 2.05) is 18.2 Å². The van der Waals surface area contributed by atoms with Gasteiger partial charge in [0.05, 0.1) is 0 Å². The van der Waals surface area contributed by atoms with Gasteiger partial charge in [-0.2, -0.15) is 0 Å². The van der Waals surface area contributed by atoms with Crippen molar-refractivity contribution in [3.8, 4) is 0 Å². The molecule has 0 aromatic heterocycles. The van der Waals surface area contributed by atoms with Gasteiger partial charge in [0, 0.05) is 39.1 Å². The number of rotatable bonds is 34. The van der Waals surface area contributed by atoms with E-state index in [0.717, 1.165) is 49.7 Å². The highest BCUT2D eigenvalue weighted by Crippen LogP contribution is 2.15. The maximum Gasteiger partial charge on any atom is 0.220 e. The largest absolute Gasteiger partial charge is 0.396 e. The van der Waals surface area contributed by atoms with Crippen molar-refractivity contribution in [2.45, 2.75) is 193 Å². The Morgan fingerprint density at radius 2 is 0.674 bits per heavy atom. The summed E-state index contributed by atoms with van der Waals surface area (Å²) in [5.74, 6) is 0.248. The first-order chi connectivity index (χ1) is 22.7. The van der Waals surface area contributed by atoms with Crippen LogP contribution >= 0.6 is 0 Å². The Balaban J connectivity index is 1.96. The van der Waals surface area contributed by atoms with Crippen LogP contribution in [0.3, 0.4) is 0 Å². The third kappa shape index (κ3) is 28.3. The highest BCUT2D eigenvalue weighted by molar-refractivity contribution is 5.76. The Morgan fingerprint density at radius 3 is 0.957 bits per heavy atom. The zero-order chi connectivity index (χ0) is 33.2. The van der Waals surface area contributed by atoms with Crippen molar-refractivity contribution in [3.05, 3.63) is 35.4 Å². The topological polar surface area (TPSA) is 98.7 Å². The molecule has 0 saturated carbocycles. The lowest BCUT2D eigenvalue weighted by Gasteiger charge is -2.09. The maximum atomic E-state index is 12.3. The molecule has 0 spiro atoms. The molecule has 0 atom stereocenters. The fraction of sp³-hybridized carbons (Fsp3) is 0.800. The lowest BCUT2D eigenvalue weighted by molar-refractivity contribution is -0.122. The first-order valence-corrected chi connectivity index (χ1v) is 19.5. The number of carbonyl (C=O) groups excluding carboxylic acids is 2. The Labute approximate surface area is 283 Å². The van der Waals surface area contributed by atoms with Gasteiger partial charge in [0.2, 0.25) is 11.8 Å². The van der Waals surface area contributed by atoms with E-state index in [4.69, 9.17) is 10.2 Å². The van der Waals surface area contributed by atoms with Crippen LogP contribution in [-0.4, -0.2) is 35.2 Å². The first-order valence-electron chi connectivity index (χ1n) is 19.5. The summed E-state index contributed by atoms with van der Waals surface area (Å²) in [6.45, 7) is 1.74. The third-order valence-corrected chi connectivity index (χ3v) is 9.09. The number of unbranched alkanes of at least 4 members (excludes halogenated alkanes) is 24. The maximum absolute atomic E-state index is 12.3. The highest BCUT2D eigenvalue weighted by atomic mass is 16.3. The molecule has 2 amide bonds. The zero-order valence-electron chi connectivity index (χ0n) is 29.6. The summed E-state index contributed by atoms with van der Waals surface area (Å²) < 4.78 is 0. The Hall–Kier alpha value is -1.92. The average molecular weight is 645 g/mol. The quantitative estimate of drug-likeness (QED) is 0.0561. The van der Waals surface area contributed by atoms with E-state index in [2.05, 4.69) is 16.7 Å². The van der Waals surface area contributed by atoms with Crippen molar-refractivity contribution < 1.29 is 19.8 Å². The van der Waals surface area contributed by atoms with Crippen molar-refractivity contribution in [1.29, 1.82) is 0 Å². The van der Waals surface area contributed by atoms with Gasteiger partial charge in [0.25, 0.3) is 0 Å². The molecular formula is C40H72N2O4. The van der Waals surface area contributed by atoms with Crippen LogP contribution in [0, 0.1) is 0 Å². The standard InChI is InChI=1S/C40H72N2O4/c43-32-25-21-17-13-9-5-1-3-7-11-15-19-23-30-39(45)41-35-37-28-27-29-38(34-37)36-42-40(46)31-24-20-16-12-8-4-2-6-10-14-18-22-26-33-44/h27-29,34,43-44H,1-26,30-33,35-36H2,(H,41,45)(H,42,46). The van der Waals surface area contributed by atoms with E-state index in [0.29, 0.717) is 39.1 Å². The van der Waals surface area contributed by atoms with Gasteiger partial charge in [-0.05, 0) is 36.8 Å². The van der Waals surface area contributed by atoms with Crippen LogP contribution in [0.2, 0.25) is 0 Å². The predicted molar refractivity (Wildman–Crippen MR) is 194 cm³/mol. The van der Waals surface area contributed by atoms with Crippen LogP contribution in [0.25, 0.3) is 0 Å². The Kier molecular flexibility index (Phi) is 30.2. The van der Waals surface area contributed by atoms with Gasteiger partial charge in [-0.3, -0.25) is 9.59 Å². The molecule has 1 aromatic carbocycles.